The summed E-state index contributed by atoms with van der Waals surface area (Å²) >= 11 is 11.8. The van der Waals surface area contributed by atoms with E-state index in [2.05, 4.69) is 5.32 Å². The molecule has 25 heavy (non-hydrogen) atoms. The molecule has 0 atom stereocenters. The van der Waals surface area contributed by atoms with E-state index in [1.807, 2.05) is 30.3 Å². The van der Waals surface area contributed by atoms with E-state index < -0.39 is 5.91 Å². The molecule has 2 aromatic carbocycles. The lowest BCUT2D eigenvalue weighted by molar-refractivity contribution is -0.129. The van der Waals surface area contributed by atoms with Crippen LogP contribution < -0.4 is 10.1 Å². The summed E-state index contributed by atoms with van der Waals surface area (Å²) in [5, 5.41) is 3.23. The van der Waals surface area contributed by atoms with Gasteiger partial charge in [0.1, 0.15) is 12.4 Å². The zero-order valence-corrected chi connectivity index (χ0v) is 15.2. The van der Waals surface area contributed by atoms with Gasteiger partial charge in [-0.05, 0) is 30.3 Å². The Morgan fingerprint density at radius 3 is 2.52 bits per heavy atom. The highest BCUT2D eigenvalue weighted by Crippen LogP contribution is 2.20. The summed E-state index contributed by atoms with van der Waals surface area (Å²) in [6.07, 6.45) is 0. The van der Waals surface area contributed by atoms with Crippen LogP contribution in [0.5, 0.6) is 5.75 Å². The van der Waals surface area contributed by atoms with E-state index in [9.17, 15) is 9.59 Å². The molecular formula is C18H18Cl2N2O3. The minimum Gasteiger partial charge on any atom is -0.492 e. The summed E-state index contributed by atoms with van der Waals surface area (Å²) in [6, 6.07) is 13.9. The number of carbonyl (C=O) groups excluding carboxylic acids is 2. The summed E-state index contributed by atoms with van der Waals surface area (Å²) < 4.78 is 5.54. The summed E-state index contributed by atoms with van der Waals surface area (Å²) in [6.45, 7) is 0.647. The van der Waals surface area contributed by atoms with E-state index in [0.717, 1.165) is 5.75 Å². The van der Waals surface area contributed by atoms with Crippen molar-refractivity contribution in [2.75, 3.05) is 26.7 Å². The lowest BCUT2D eigenvalue weighted by atomic mass is 10.2. The molecule has 0 heterocycles. The van der Waals surface area contributed by atoms with E-state index >= 15 is 0 Å². The van der Waals surface area contributed by atoms with Crippen molar-refractivity contribution in [3.8, 4) is 5.75 Å². The summed E-state index contributed by atoms with van der Waals surface area (Å²) in [5.74, 6) is 0.0908. The first-order chi connectivity index (χ1) is 12.0. The van der Waals surface area contributed by atoms with Crippen molar-refractivity contribution >= 4 is 35.0 Å². The molecule has 7 heteroatoms. The Labute approximate surface area is 156 Å². The van der Waals surface area contributed by atoms with Crippen LogP contribution in [0.1, 0.15) is 10.4 Å². The van der Waals surface area contributed by atoms with Gasteiger partial charge in [-0.1, -0.05) is 41.4 Å². The van der Waals surface area contributed by atoms with E-state index in [-0.39, 0.29) is 23.0 Å². The number of rotatable bonds is 7. The largest absolute Gasteiger partial charge is 0.492 e. The van der Waals surface area contributed by atoms with E-state index in [1.165, 1.54) is 17.0 Å². The standard InChI is InChI=1S/C18H18Cl2N2O3/c1-22(9-10-25-14-5-3-2-4-6-14)17(23)12-21-18(24)15-8-7-13(19)11-16(15)20/h2-8,11H,9-10,12H2,1H3,(H,21,24). The molecule has 0 radical (unpaired) electrons. The molecule has 0 aliphatic heterocycles. The minimum absolute atomic E-state index is 0.125. The molecule has 1 N–H and O–H groups in total. The molecule has 5 nitrogen and oxygen atoms in total. The van der Waals surface area contributed by atoms with E-state index in [1.54, 1.807) is 13.1 Å². The monoisotopic (exact) mass is 380 g/mol. The molecule has 0 saturated carbocycles. The highest BCUT2D eigenvalue weighted by Gasteiger charge is 2.14. The summed E-state index contributed by atoms with van der Waals surface area (Å²) in [7, 11) is 1.65. The number of ether oxygens (including phenoxy) is 1. The molecule has 2 amide bonds. The van der Waals surface area contributed by atoms with Gasteiger partial charge >= 0.3 is 0 Å². The predicted molar refractivity (Wildman–Crippen MR) is 98.4 cm³/mol. The first-order valence-electron chi connectivity index (χ1n) is 7.62. The molecule has 132 valence electrons. The maximum Gasteiger partial charge on any atom is 0.253 e. The van der Waals surface area contributed by atoms with Gasteiger partial charge in [0.2, 0.25) is 5.91 Å². The average molecular weight is 381 g/mol. The number of nitrogens with one attached hydrogen (secondary N) is 1. The molecule has 0 spiro atoms. The number of benzene rings is 2. The van der Waals surface area contributed by atoms with Gasteiger partial charge in [0.15, 0.2) is 0 Å². The van der Waals surface area contributed by atoms with Crippen LogP contribution in [0.15, 0.2) is 48.5 Å². The van der Waals surface area contributed by atoms with Crippen molar-refractivity contribution in [1.82, 2.24) is 10.2 Å². The number of hydrogen-bond acceptors (Lipinski definition) is 3. The van der Waals surface area contributed by atoms with Crippen LogP contribution in [0, 0.1) is 0 Å². The molecule has 2 rings (SSSR count). The number of nitrogens with zero attached hydrogens (tertiary/aromatic N) is 1. The smallest absolute Gasteiger partial charge is 0.253 e. The number of para-hydroxylation sites is 1. The van der Waals surface area contributed by atoms with Crippen LogP contribution in [0.2, 0.25) is 10.0 Å². The van der Waals surface area contributed by atoms with Crippen molar-refractivity contribution in [2.45, 2.75) is 0 Å². The normalized spacial score (nSPS) is 10.2. The van der Waals surface area contributed by atoms with Gasteiger partial charge in [-0.25, -0.2) is 0 Å². The van der Waals surface area contributed by atoms with Crippen molar-refractivity contribution in [3.63, 3.8) is 0 Å². The molecule has 0 aliphatic carbocycles. The SMILES string of the molecule is CN(CCOc1ccccc1)C(=O)CNC(=O)c1ccc(Cl)cc1Cl. The predicted octanol–water partition coefficient (Wildman–Crippen LogP) is 3.26. The maximum atomic E-state index is 12.1. The molecule has 0 saturated heterocycles. The second kappa shape index (κ2) is 9.30. The average Bonchev–Trinajstić information content (AvgIpc) is 2.60. The maximum absolute atomic E-state index is 12.1. The Bertz CT molecular complexity index is 738. The minimum atomic E-state index is -0.427. The Hall–Kier alpha value is -2.24. The van der Waals surface area contributed by atoms with Crippen LogP contribution in [-0.2, 0) is 4.79 Å². The lowest BCUT2D eigenvalue weighted by Gasteiger charge is -2.18. The van der Waals surface area contributed by atoms with Gasteiger partial charge in [0.05, 0.1) is 23.7 Å². The molecule has 2 aromatic rings. The highest BCUT2D eigenvalue weighted by atomic mass is 35.5. The number of carbonyl (C=O) groups is 2. The Morgan fingerprint density at radius 1 is 1.12 bits per heavy atom. The molecular weight excluding hydrogens is 363 g/mol. The topological polar surface area (TPSA) is 58.6 Å². The van der Waals surface area contributed by atoms with Crippen LogP contribution in [0.3, 0.4) is 0 Å². The Morgan fingerprint density at radius 2 is 1.84 bits per heavy atom. The number of amides is 2. The quantitative estimate of drug-likeness (QED) is 0.801. The fourth-order valence-corrected chi connectivity index (χ4v) is 2.50. The Kier molecular flexibility index (Phi) is 7.10. The van der Waals surface area contributed by atoms with Gasteiger partial charge in [0.25, 0.3) is 5.91 Å². The number of hydrogen-bond donors (Lipinski definition) is 1. The second-order valence-electron chi connectivity index (χ2n) is 5.28. The fraction of sp³-hybridized carbons (Fsp3) is 0.222. The van der Waals surface area contributed by atoms with Crippen LogP contribution in [0.25, 0.3) is 0 Å². The summed E-state index contributed by atoms with van der Waals surface area (Å²) in [4.78, 5) is 25.6. The van der Waals surface area contributed by atoms with Crippen molar-refractivity contribution in [1.29, 1.82) is 0 Å². The molecule has 0 unspecified atom stereocenters. The zero-order chi connectivity index (χ0) is 18.2. The number of halogens is 2. The molecule has 0 bridgehead atoms. The molecule has 0 aliphatic rings. The van der Waals surface area contributed by atoms with Crippen molar-refractivity contribution < 1.29 is 14.3 Å². The van der Waals surface area contributed by atoms with E-state index in [0.29, 0.717) is 18.2 Å². The van der Waals surface area contributed by atoms with Crippen LogP contribution >= 0.6 is 23.2 Å². The molecule has 0 aromatic heterocycles. The third-order valence-electron chi connectivity index (χ3n) is 3.44. The van der Waals surface area contributed by atoms with Crippen LogP contribution in [0.4, 0.5) is 0 Å². The van der Waals surface area contributed by atoms with E-state index in [4.69, 9.17) is 27.9 Å². The zero-order valence-electron chi connectivity index (χ0n) is 13.7. The van der Waals surface area contributed by atoms with Crippen molar-refractivity contribution in [2.24, 2.45) is 0 Å². The van der Waals surface area contributed by atoms with Gasteiger partial charge in [-0.15, -0.1) is 0 Å². The van der Waals surface area contributed by atoms with Crippen molar-refractivity contribution in [3.05, 3.63) is 64.1 Å². The summed E-state index contributed by atoms with van der Waals surface area (Å²) in [5.41, 5.74) is 0.272. The molecule has 0 fully saturated rings. The third-order valence-corrected chi connectivity index (χ3v) is 3.99. The highest BCUT2D eigenvalue weighted by molar-refractivity contribution is 6.36. The van der Waals surface area contributed by atoms with Crippen LogP contribution in [-0.4, -0.2) is 43.5 Å². The van der Waals surface area contributed by atoms with Gasteiger partial charge in [-0.2, -0.15) is 0 Å². The van der Waals surface area contributed by atoms with Gasteiger partial charge in [-0.3, -0.25) is 9.59 Å². The number of likely N-dealkylation sites (N-methyl/N-ethyl adjacent to an activating group) is 1. The second-order valence-corrected chi connectivity index (χ2v) is 6.13. The van der Waals surface area contributed by atoms with Gasteiger partial charge < -0.3 is 15.0 Å². The first kappa shape index (κ1) is 19.1. The fourth-order valence-electron chi connectivity index (χ4n) is 2.00. The Balaban J connectivity index is 1.76. The first-order valence-corrected chi connectivity index (χ1v) is 8.38. The van der Waals surface area contributed by atoms with Gasteiger partial charge in [0, 0.05) is 12.1 Å². The lowest BCUT2D eigenvalue weighted by Crippen LogP contribution is -2.39. The third kappa shape index (κ3) is 5.96.